The van der Waals surface area contributed by atoms with Gasteiger partial charge in [-0.1, -0.05) is 24.0 Å². The SMILES string of the molecule is OCC#Cc1ccc(COC2COC2)cc1. The molecular formula is C13H14O3. The van der Waals surface area contributed by atoms with E-state index in [1.165, 1.54) is 0 Å². The normalized spacial score (nSPS) is 15.1. The fraction of sp³-hybridized carbons (Fsp3) is 0.385. The van der Waals surface area contributed by atoms with Gasteiger partial charge >= 0.3 is 0 Å². The van der Waals surface area contributed by atoms with Crippen LogP contribution in [0.2, 0.25) is 0 Å². The predicted octanol–water partition coefficient (Wildman–Crippen LogP) is 0.946. The molecule has 0 bridgehead atoms. The van der Waals surface area contributed by atoms with Crippen LogP contribution >= 0.6 is 0 Å². The number of rotatable bonds is 3. The lowest BCUT2D eigenvalue weighted by Gasteiger charge is -2.25. The maximum Gasteiger partial charge on any atom is 0.105 e. The second-order valence-electron chi connectivity index (χ2n) is 3.63. The zero-order chi connectivity index (χ0) is 11.2. The molecule has 1 aromatic carbocycles. The van der Waals surface area contributed by atoms with Crippen LogP contribution in [0, 0.1) is 11.8 Å². The molecule has 0 aliphatic carbocycles. The van der Waals surface area contributed by atoms with Crippen molar-refractivity contribution in [2.75, 3.05) is 19.8 Å². The van der Waals surface area contributed by atoms with E-state index in [1.807, 2.05) is 24.3 Å². The average Bonchev–Trinajstić information content (AvgIpc) is 2.26. The Labute approximate surface area is 95.0 Å². The van der Waals surface area contributed by atoms with Gasteiger partial charge in [-0.2, -0.15) is 0 Å². The Kier molecular flexibility index (Phi) is 3.95. The van der Waals surface area contributed by atoms with Crippen LogP contribution in [0.1, 0.15) is 11.1 Å². The van der Waals surface area contributed by atoms with Crippen molar-refractivity contribution < 1.29 is 14.6 Å². The Morgan fingerprint density at radius 3 is 2.62 bits per heavy atom. The monoisotopic (exact) mass is 218 g/mol. The summed E-state index contributed by atoms with van der Waals surface area (Å²) in [5.41, 5.74) is 2.03. The molecule has 84 valence electrons. The Balaban J connectivity index is 1.85. The molecular weight excluding hydrogens is 204 g/mol. The van der Waals surface area contributed by atoms with Crippen LogP contribution in [0.5, 0.6) is 0 Å². The van der Waals surface area contributed by atoms with Gasteiger partial charge in [-0.3, -0.25) is 0 Å². The summed E-state index contributed by atoms with van der Waals surface area (Å²) in [6, 6.07) is 7.83. The van der Waals surface area contributed by atoms with Crippen molar-refractivity contribution in [2.24, 2.45) is 0 Å². The van der Waals surface area contributed by atoms with Crippen LogP contribution in [0.25, 0.3) is 0 Å². The van der Waals surface area contributed by atoms with Gasteiger partial charge in [-0.15, -0.1) is 0 Å². The Hall–Kier alpha value is -1.34. The van der Waals surface area contributed by atoms with E-state index in [-0.39, 0.29) is 12.7 Å². The summed E-state index contributed by atoms with van der Waals surface area (Å²) in [7, 11) is 0. The molecule has 1 N–H and O–H groups in total. The topological polar surface area (TPSA) is 38.7 Å². The lowest BCUT2D eigenvalue weighted by Crippen LogP contribution is -2.35. The summed E-state index contributed by atoms with van der Waals surface area (Å²) < 4.78 is 10.6. The van der Waals surface area contributed by atoms with Crippen LogP contribution in [-0.4, -0.2) is 31.0 Å². The maximum atomic E-state index is 8.56. The van der Waals surface area contributed by atoms with Crippen molar-refractivity contribution in [3.63, 3.8) is 0 Å². The summed E-state index contributed by atoms with van der Waals surface area (Å²) in [4.78, 5) is 0. The van der Waals surface area contributed by atoms with Crippen molar-refractivity contribution in [3.8, 4) is 11.8 Å². The molecule has 0 spiro atoms. The molecule has 0 aromatic heterocycles. The number of hydrogen-bond donors (Lipinski definition) is 1. The number of benzene rings is 1. The lowest BCUT2D eigenvalue weighted by molar-refractivity contribution is -0.135. The van der Waals surface area contributed by atoms with Crippen LogP contribution in [0.3, 0.4) is 0 Å². The number of hydrogen-bond acceptors (Lipinski definition) is 3. The van der Waals surface area contributed by atoms with Gasteiger partial charge in [0, 0.05) is 5.56 Å². The van der Waals surface area contributed by atoms with Crippen LogP contribution < -0.4 is 0 Å². The van der Waals surface area contributed by atoms with Gasteiger partial charge < -0.3 is 14.6 Å². The van der Waals surface area contributed by atoms with Crippen LogP contribution in [0.15, 0.2) is 24.3 Å². The second-order valence-corrected chi connectivity index (χ2v) is 3.63. The molecule has 3 nitrogen and oxygen atoms in total. The molecule has 0 atom stereocenters. The molecule has 2 rings (SSSR count). The molecule has 0 amide bonds. The molecule has 1 saturated heterocycles. The first-order valence-corrected chi connectivity index (χ1v) is 5.26. The van der Waals surface area contributed by atoms with Crippen molar-refractivity contribution >= 4 is 0 Å². The minimum Gasteiger partial charge on any atom is -0.384 e. The fourth-order valence-electron chi connectivity index (χ4n) is 1.35. The third kappa shape index (κ3) is 3.07. The van der Waals surface area contributed by atoms with Crippen LogP contribution in [0.4, 0.5) is 0 Å². The largest absolute Gasteiger partial charge is 0.384 e. The van der Waals surface area contributed by atoms with Gasteiger partial charge in [0.1, 0.15) is 12.7 Å². The molecule has 1 aromatic rings. The highest BCUT2D eigenvalue weighted by Gasteiger charge is 2.18. The van der Waals surface area contributed by atoms with E-state index >= 15 is 0 Å². The molecule has 0 saturated carbocycles. The van der Waals surface area contributed by atoms with Gasteiger partial charge in [0.2, 0.25) is 0 Å². The highest BCUT2D eigenvalue weighted by Crippen LogP contribution is 2.10. The van der Waals surface area contributed by atoms with Gasteiger partial charge in [0.05, 0.1) is 19.8 Å². The summed E-state index contributed by atoms with van der Waals surface area (Å²) in [5.74, 6) is 5.46. The average molecular weight is 218 g/mol. The zero-order valence-electron chi connectivity index (χ0n) is 8.98. The van der Waals surface area contributed by atoms with Crippen molar-refractivity contribution in [1.29, 1.82) is 0 Å². The molecule has 1 aliphatic heterocycles. The summed E-state index contributed by atoms with van der Waals surface area (Å²) >= 11 is 0. The smallest absolute Gasteiger partial charge is 0.105 e. The minimum atomic E-state index is -0.105. The third-order valence-electron chi connectivity index (χ3n) is 2.36. The molecule has 0 radical (unpaired) electrons. The van der Waals surface area contributed by atoms with E-state index in [0.717, 1.165) is 11.1 Å². The molecule has 1 fully saturated rings. The first kappa shape index (κ1) is 11.2. The maximum absolute atomic E-state index is 8.56. The van der Waals surface area contributed by atoms with E-state index in [4.69, 9.17) is 14.6 Å². The van der Waals surface area contributed by atoms with E-state index in [9.17, 15) is 0 Å². The van der Waals surface area contributed by atoms with E-state index in [2.05, 4.69) is 11.8 Å². The molecule has 1 aliphatic rings. The molecule has 16 heavy (non-hydrogen) atoms. The first-order chi connectivity index (χ1) is 7.88. The summed E-state index contributed by atoms with van der Waals surface area (Å²) in [6.45, 7) is 1.92. The van der Waals surface area contributed by atoms with E-state index in [1.54, 1.807) is 0 Å². The molecule has 1 heterocycles. The minimum absolute atomic E-state index is 0.105. The summed E-state index contributed by atoms with van der Waals surface area (Å²) in [5, 5.41) is 8.56. The highest BCUT2D eigenvalue weighted by molar-refractivity contribution is 5.36. The predicted molar refractivity (Wildman–Crippen MR) is 59.8 cm³/mol. The van der Waals surface area contributed by atoms with Crippen molar-refractivity contribution in [2.45, 2.75) is 12.7 Å². The van der Waals surface area contributed by atoms with Gasteiger partial charge in [0.15, 0.2) is 0 Å². The van der Waals surface area contributed by atoms with E-state index < -0.39 is 0 Å². The number of aliphatic hydroxyl groups excluding tert-OH is 1. The Morgan fingerprint density at radius 2 is 2.06 bits per heavy atom. The molecule has 3 heteroatoms. The van der Waals surface area contributed by atoms with Crippen molar-refractivity contribution in [3.05, 3.63) is 35.4 Å². The fourth-order valence-corrected chi connectivity index (χ4v) is 1.35. The van der Waals surface area contributed by atoms with Gasteiger partial charge in [-0.05, 0) is 17.7 Å². The lowest BCUT2D eigenvalue weighted by atomic mass is 10.1. The zero-order valence-corrected chi connectivity index (χ0v) is 8.98. The number of aliphatic hydroxyl groups is 1. The second kappa shape index (κ2) is 5.66. The van der Waals surface area contributed by atoms with Crippen LogP contribution in [-0.2, 0) is 16.1 Å². The highest BCUT2D eigenvalue weighted by atomic mass is 16.6. The standard InChI is InChI=1S/C13H14O3/c14-7-1-2-11-3-5-12(6-4-11)8-16-13-9-15-10-13/h3-6,13-14H,7-10H2. The van der Waals surface area contributed by atoms with E-state index in [0.29, 0.717) is 19.8 Å². The number of ether oxygens (including phenoxy) is 2. The third-order valence-corrected chi connectivity index (χ3v) is 2.36. The quantitative estimate of drug-likeness (QED) is 0.767. The van der Waals surface area contributed by atoms with Gasteiger partial charge in [0.25, 0.3) is 0 Å². The molecule has 0 unspecified atom stereocenters. The Morgan fingerprint density at radius 1 is 1.31 bits per heavy atom. The Bertz CT molecular complexity index is 382. The van der Waals surface area contributed by atoms with Gasteiger partial charge in [-0.25, -0.2) is 0 Å². The summed E-state index contributed by atoms with van der Waals surface area (Å²) in [6.07, 6.45) is 0.258. The van der Waals surface area contributed by atoms with Crippen molar-refractivity contribution in [1.82, 2.24) is 0 Å². The first-order valence-electron chi connectivity index (χ1n) is 5.26.